The van der Waals surface area contributed by atoms with Crippen LogP contribution in [0.4, 0.5) is 10.1 Å². The lowest BCUT2D eigenvalue weighted by Gasteiger charge is -2.12. The molecule has 0 radical (unpaired) electrons. The second kappa shape index (κ2) is 6.75. The normalized spacial score (nSPS) is 10.3. The Bertz CT molecular complexity index is 560. The second-order valence-corrected chi connectivity index (χ2v) is 4.89. The molecule has 4 heteroatoms. The van der Waals surface area contributed by atoms with Crippen LogP contribution in [-0.4, -0.2) is 7.05 Å². The van der Waals surface area contributed by atoms with Gasteiger partial charge in [0.15, 0.2) is 0 Å². The summed E-state index contributed by atoms with van der Waals surface area (Å²) in [6.45, 7) is 0.375. The van der Waals surface area contributed by atoms with Crippen LogP contribution in [0.25, 0.3) is 0 Å². The first-order valence-electron chi connectivity index (χ1n) is 5.97. The van der Waals surface area contributed by atoms with E-state index in [1.807, 2.05) is 25.2 Å². The molecule has 0 fully saturated rings. The van der Waals surface area contributed by atoms with Crippen LogP contribution in [0, 0.1) is 5.82 Å². The number of benzene rings is 2. The molecular formula is C15H15FINO. The largest absolute Gasteiger partial charge is 0.489 e. The summed E-state index contributed by atoms with van der Waals surface area (Å²) in [6, 6.07) is 12.4. The average molecular weight is 371 g/mol. The molecule has 2 nitrogen and oxygen atoms in total. The topological polar surface area (TPSA) is 21.3 Å². The predicted octanol–water partition coefficient (Wildman–Crippen LogP) is 4.38. The summed E-state index contributed by atoms with van der Waals surface area (Å²) in [5.41, 5.74) is 3.02. The SMILES string of the molecule is CNc1ccc(OCc2cccc(F)c2)c(CI)c1. The molecule has 1 N–H and O–H groups in total. The van der Waals surface area contributed by atoms with Crippen molar-refractivity contribution < 1.29 is 9.13 Å². The van der Waals surface area contributed by atoms with E-state index < -0.39 is 0 Å². The van der Waals surface area contributed by atoms with Crippen molar-refractivity contribution in [3.05, 3.63) is 59.4 Å². The Labute approximate surface area is 126 Å². The minimum atomic E-state index is -0.235. The van der Waals surface area contributed by atoms with Crippen LogP contribution in [0.15, 0.2) is 42.5 Å². The quantitative estimate of drug-likeness (QED) is 0.622. The van der Waals surface area contributed by atoms with Crippen molar-refractivity contribution in [1.29, 1.82) is 0 Å². The molecule has 2 aromatic rings. The van der Waals surface area contributed by atoms with Gasteiger partial charge in [-0.2, -0.15) is 0 Å². The molecular weight excluding hydrogens is 356 g/mol. The second-order valence-electron chi connectivity index (χ2n) is 4.12. The Balaban J connectivity index is 2.11. The zero-order valence-electron chi connectivity index (χ0n) is 10.6. The van der Waals surface area contributed by atoms with Gasteiger partial charge >= 0.3 is 0 Å². The molecule has 2 aromatic carbocycles. The summed E-state index contributed by atoms with van der Waals surface area (Å²) in [6.07, 6.45) is 0. The molecule has 0 atom stereocenters. The van der Waals surface area contributed by atoms with E-state index in [-0.39, 0.29) is 5.82 Å². The van der Waals surface area contributed by atoms with Gasteiger partial charge in [0, 0.05) is 22.7 Å². The number of hydrogen-bond donors (Lipinski definition) is 1. The van der Waals surface area contributed by atoms with Crippen LogP contribution in [0.2, 0.25) is 0 Å². The van der Waals surface area contributed by atoms with E-state index >= 15 is 0 Å². The van der Waals surface area contributed by atoms with E-state index in [2.05, 4.69) is 34.0 Å². The van der Waals surface area contributed by atoms with Crippen LogP contribution in [-0.2, 0) is 11.0 Å². The van der Waals surface area contributed by atoms with E-state index in [4.69, 9.17) is 4.74 Å². The summed E-state index contributed by atoms with van der Waals surface area (Å²) in [4.78, 5) is 0. The van der Waals surface area contributed by atoms with Crippen molar-refractivity contribution in [2.75, 3.05) is 12.4 Å². The zero-order valence-corrected chi connectivity index (χ0v) is 12.8. The molecule has 100 valence electrons. The van der Waals surface area contributed by atoms with Gasteiger partial charge in [-0.1, -0.05) is 34.7 Å². The van der Waals surface area contributed by atoms with E-state index in [1.54, 1.807) is 6.07 Å². The smallest absolute Gasteiger partial charge is 0.123 e. The van der Waals surface area contributed by atoms with Gasteiger partial charge in [-0.05, 0) is 35.9 Å². The summed E-state index contributed by atoms with van der Waals surface area (Å²) >= 11 is 2.30. The summed E-state index contributed by atoms with van der Waals surface area (Å²) < 4.78 is 19.7. The van der Waals surface area contributed by atoms with Crippen molar-refractivity contribution in [3.63, 3.8) is 0 Å². The van der Waals surface area contributed by atoms with Crippen molar-refractivity contribution in [3.8, 4) is 5.75 Å². The third kappa shape index (κ3) is 3.83. The number of alkyl halides is 1. The number of ether oxygens (including phenoxy) is 1. The van der Waals surface area contributed by atoms with Gasteiger partial charge < -0.3 is 10.1 Å². The molecule has 2 rings (SSSR count). The van der Waals surface area contributed by atoms with E-state index in [1.165, 1.54) is 12.1 Å². The van der Waals surface area contributed by atoms with E-state index in [0.29, 0.717) is 6.61 Å². The van der Waals surface area contributed by atoms with Gasteiger partial charge in [-0.15, -0.1) is 0 Å². The van der Waals surface area contributed by atoms with Crippen LogP contribution in [0.1, 0.15) is 11.1 Å². The molecule has 19 heavy (non-hydrogen) atoms. The maximum Gasteiger partial charge on any atom is 0.123 e. The molecule has 0 aliphatic rings. The molecule has 0 spiro atoms. The molecule has 0 aliphatic carbocycles. The van der Waals surface area contributed by atoms with Crippen molar-refractivity contribution in [2.45, 2.75) is 11.0 Å². The average Bonchev–Trinajstić information content (AvgIpc) is 2.45. The minimum Gasteiger partial charge on any atom is -0.489 e. The highest BCUT2D eigenvalue weighted by molar-refractivity contribution is 14.1. The Morgan fingerprint density at radius 3 is 2.74 bits per heavy atom. The third-order valence-electron chi connectivity index (χ3n) is 2.78. The van der Waals surface area contributed by atoms with Crippen molar-refractivity contribution >= 4 is 28.3 Å². The first-order valence-corrected chi connectivity index (χ1v) is 7.49. The number of halogens is 2. The monoisotopic (exact) mass is 371 g/mol. The van der Waals surface area contributed by atoms with Crippen LogP contribution in [0.5, 0.6) is 5.75 Å². The molecule has 0 amide bonds. The molecule has 0 bridgehead atoms. The van der Waals surface area contributed by atoms with E-state index in [9.17, 15) is 4.39 Å². The van der Waals surface area contributed by atoms with Crippen LogP contribution < -0.4 is 10.1 Å². The predicted molar refractivity (Wildman–Crippen MR) is 84.4 cm³/mol. The van der Waals surface area contributed by atoms with Crippen LogP contribution >= 0.6 is 22.6 Å². The highest BCUT2D eigenvalue weighted by atomic mass is 127. The van der Waals surface area contributed by atoms with Gasteiger partial charge in [0.25, 0.3) is 0 Å². The Morgan fingerprint density at radius 2 is 2.05 bits per heavy atom. The first-order chi connectivity index (χ1) is 9.22. The number of anilines is 1. The number of hydrogen-bond acceptors (Lipinski definition) is 2. The molecule has 0 aliphatic heterocycles. The zero-order chi connectivity index (χ0) is 13.7. The molecule has 0 heterocycles. The summed E-state index contributed by atoms with van der Waals surface area (Å²) in [5, 5.41) is 3.10. The minimum absolute atomic E-state index is 0.235. The van der Waals surface area contributed by atoms with Gasteiger partial charge in [0.05, 0.1) is 0 Å². The number of nitrogens with one attached hydrogen (secondary N) is 1. The Kier molecular flexibility index (Phi) is 5.01. The Hall–Kier alpha value is -1.30. The maximum absolute atomic E-state index is 13.1. The highest BCUT2D eigenvalue weighted by Gasteiger charge is 2.04. The Morgan fingerprint density at radius 1 is 1.21 bits per heavy atom. The fourth-order valence-corrected chi connectivity index (χ4v) is 2.36. The standard InChI is InChI=1S/C15H15FINO/c1-18-14-5-6-15(12(8-14)9-17)19-10-11-3-2-4-13(16)7-11/h2-8,18H,9-10H2,1H3. The molecule has 0 saturated heterocycles. The van der Waals surface area contributed by atoms with Gasteiger partial charge in [-0.25, -0.2) is 4.39 Å². The fourth-order valence-electron chi connectivity index (χ4n) is 1.77. The lowest BCUT2D eigenvalue weighted by molar-refractivity contribution is 0.303. The van der Waals surface area contributed by atoms with Gasteiger partial charge in [0.2, 0.25) is 0 Å². The molecule has 0 unspecified atom stereocenters. The van der Waals surface area contributed by atoms with Crippen molar-refractivity contribution in [1.82, 2.24) is 0 Å². The van der Waals surface area contributed by atoms with E-state index in [0.717, 1.165) is 27.0 Å². The fraction of sp³-hybridized carbons (Fsp3) is 0.200. The van der Waals surface area contributed by atoms with Crippen LogP contribution in [0.3, 0.4) is 0 Å². The first kappa shape index (κ1) is 14.1. The van der Waals surface area contributed by atoms with Crippen molar-refractivity contribution in [2.24, 2.45) is 0 Å². The number of rotatable bonds is 5. The van der Waals surface area contributed by atoms with Gasteiger partial charge in [-0.3, -0.25) is 0 Å². The lowest BCUT2D eigenvalue weighted by atomic mass is 10.2. The lowest BCUT2D eigenvalue weighted by Crippen LogP contribution is -1.99. The highest BCUT2D eigenvalue weighted by Crippen LogP contribution is 2.26. The summed E-state index contributed by atoms with van der Waals surface area (Å²) in [7, 11) is 1.89. The molecule has 0 aromatic heterocycles. The maximum atomic E-state index is 13.1. The van der Waals surface area contributed by atoms with Gasteiger partial charge in [0.1, 0.15) is 18.2 Å². The summed E-state index contributed by atoms with van der Waals surface area (Å²) in [5.74, 6) is 0.610. The molecule has 0 saturated carbocycles. The third-order valence-corrected chi connectivity index (χ3v) is 3.60.